The number of para-hydroxylation sites is 2. The number of ether oxygens (including phenoxy) is 3. The van der Waals surface area contributed by atoms with Gasteiger partial charge in [-0.1, -0.05) is 12.1 Å². The highest BCUT2D eigenvalue weighted by atomic mass is 19.1. The molecule has 4 nitrogen and oxygen atoms in total. The SMILES string of the molecule is COc1ccccc1Oc1cc(OC(C)C)c(F)cc1N. The van der Waals surface area contributed by atoms with Crippen LogP contribution in [0.2, 0.25) is 0 Å². The Kier molecular flexibility index (Phi) is 4.52. The Morgan fingerprint density at radius 2 is 1.67 bits per heavy atom. The summed E-state index contributed by atoms with van der Waals surface area (Å²) in [6, 6.07) is 9.76. The second-order valence-electron chi connectivity index (χ2n) is 4.74. The molecule has 112 valence electrons. The van der Waals surface area contributed by atoms with E-state index < -0.39 is 5.82 Å². The number of nitrogens with two attached hydrogens (primary N) is 1. The van der Waals surface area contributed by atoms with E-state index in [1.54, 1.807) is 19.2 Å². The van der Waals surface area contributed by atoms with Gasteiger partial charge in [-0.15, -0.1) is 0 Å². The Labute approximate surface area is 123 Å². The van der Waals surface area contributed by atoms with Crippen LogP contribution in [0, 0.1) is 5.82 Å². The van der Waals surface area contributed by atoms with Crippen LogP contribution in [0.1, 0.15) is 13.8 Å². The van der Waals surface area contributed by atoms with Crippen LogP contribution in [0.4, 0.5) is 10.1 Å². The van der Waals surface area contributed by atoms with Gasteiger partial charge in [0.25, 0.3) is 0 Å². The smallest absolute Gasteiger partial charge is 0.169 e. The largest absolute Gasteiger partial charge is 0.493 e. The van der Waals surface area contributed by atoms with E-state index in [9.17, 15) is 4.39 Å². The van der Waals surface area contributed by atoms with Crippen molar-refractivity contribution in [1.29, 1.82) is 0 Å². The Morgan fingerprint density at radius 3 is 2.29 bits per heavy atom. The zero-order chi connectivity index (χ0) is 15.4. The average molecular weight is 291 g/mol. The van der Waals surface area contributed by atoms with Crippen LogP contribution in [0.25, 0.3) is 0 Å². The molecule has 0 bridgehead atoms. The van der Waals surface area contributed by atoms with E-state index in [0.717, 1.165) is 0 Å². The van der Waals surface area contributed by atoms with Crippen molar-refractivity contribution in [2.75, 3.05) is 12.8 Å². The summed E-state index contributed by atoms with van der Waals surface area (Å²) in [4.78, 5) is 0. The second-order valence-corrected chi connectivity index (χ2v) is 4.74. The summed E-state index contributed by atoms with van der Waals surface area (Å²) >= 11 is 0. The number of hydrogen-bond donors (Lipinski definition) is 1. The normalized spacial score (nSPS) is 10.5. The van der Waals surface area contributed by atoms with Crippen molar-refractivity contribution >= 4 is 5.69 Å². The van der Waals surface area contributed by atoms with E-state index in [2.05, 4.69) is 0 Å². The number of halogens is 1. The summed E-state index contributed by atoms with van der Waals surface area (Å²) in [7, 11) is 1.55. The standard InChI is InChI=1S/C16H18FNO3/c1-10(2)20-15-9-16(12(18)8-11(15)17)21-14-7-5-4-6-13(14)19-3/h4-10H,18H2,1-3H3. The van der Waals surface area contributed by atoms with Crippen LogP contribution in [0.15, 0.2) is 36.4 Å². The van der Waals surface area contributed by atoms with Crippen molar-refractivity contribution in [2.24, 2.45) is 0 Å². The van der Waals surface area contributed by atoms with E-state index in [-0.39, 0.29) is 17.5 Å². The van der Waals surface area contributed by atoms with Gasteiger partial charge < -0.3 is 19.9 Å². The van der Waals surface area contributed by atoms with Crippen molar-refractivity contribution in [3.05, 3.63) is 42.2 Å². The predicted molar refractivity (Wildman–Crippen MR) is 79.6 cm³/mol. The zero-order valence-electron chi connectivity index (χ0n) is 12.2. The molecule has 0 atom stereocenters. The molecule has 0 fully saturated rings. The molecule has 0 unspecified atom stereocenters. The molecule has 2 aromatic rings. The lowest BCUT2D eigenvalue weighted by Gasteiger charge is -2.15. The number of hydrogen-bond acceptors (Lipinski definition) is 4. The molecule has 0 heterocycles. The monoisotopic (exact) mass is 291 g/mol. The molecule has 2 aromatic carbocycles. The quantitative estimate of drug-likeness (QED) is 0.846. The van der Waals surface area contributed by atoms with E-state index in [1.807, 2.05) is 26.0 Å². The molecule has 0 radical (unpaired) electrons. The summed E-state index contributed by atoms with van der Waals surface area (Å²) in [6.07, 6.45) is -0.151. The van der Waals surface area contributed by atoms with Crippen LogP contribution in [-0.4, -0.2) is 13.2 Å². The number of anilines is 1. The van der Waals surface area contributed by atoms with Crippen LogP contribution in [-0.2, 0) is 0 Å². The van der Waals surface area contributed by atoms with Crippen LogP contribution in [0.5, 0.6) is 23.0 Å². The molecule has 0 amide bonds. The number of nitrogen functional groups attached to an aromatic ring is 1. The fourth-order valence-corrected chi connectivity index (χ4v) is 1.80. The summed E-state index contributed by atoms with van der Waals surface area (Å²) in [5.41, 5.74) is 5.99. The van der Waals surface area contributed by atoms with Gasteiger partial charge >= 0.3 is 0 Å². The summed E-state index contributed by atoms with van der Waals surface area (Å²) < 4.78 is 30.1. The predicted octanol–water partition coefficient (Wildman–Crippen LogP) is 4.00. The van der Waals surface area contributed by atoms with Gasteiger partial charge in [-0.2, -0.15) is 0 Å². The fourth-order valence-electron chi connectivity index (χ4n) is 1.80. The van der Waals surface area contributed by atoms with Crippen molar-refractivity contribution in [3.8, 4) is 23.0 Å². The zero-order valence-corrected chi connectivity index (χ0v) is 12.2. The Bertz CT molecular complexity index is 629. The molecule has 2 rings (SSSR count). The molecule has 0 aliphatic heterocycles. The van der Waals surface area contributed by atoms with Gasteiger partial charge in [-0.3, -0.25) is 0 Å². The molecule has 0 saturated carbocycles. The second kappa shape index (κ2) is 6.35. The minimum absolute atomic E-state index is 0.101. The molecular weight excluding hydrogens is 273 g/mol. The number of benzene rings is 2. The molecule has 0 aromatic heterocycles. The first kappa shape index (κ1) is 15.0. The van der Waals surface area contributed by atoms with Gasteiger partial charge in [0.05, 0.1) is 18.9 Å². The van der Waals surface area contributed by atoms with E-state index in [4.69, 9.17) is 19.9 Å². The van der Waals surface area contributed by atoms with Gasteiger partial charge in [0, 0.05) is 12.1 Å². The third kappa shape index (κ3) is 3.56. The molecule has 21 heavy (non-hydrogen) atoms. The third-order valence-corrected chi connectivity index (χ3v) is 2.72. The van der Waals surface area contributed by atoms with E-state index >= 15 is 0 Å². The topological polar surface area (TPSA) is 53.7 Å². The van der Waals surface area contributed by atoms with Gasteiger partial charge in [0.1, 0.15) is 0 Å². The van der Waals surface area contributed by atoms with Crippen molar-refractivity contribution in [3.63, 3.8) is 0 Å². The van der Waals surface area contributed by atoms with Gasteiger partial charge in [-0.05, 0) is 26.0 Å². The van der Waals surface area contributed by atoms with Gasteiger partial charge in [-0.25, -0.2) is 4.39 Å². The average Bonchev–Trinajstić information content (AvgIpc) is 2.44. The van der Waals surface area contributed by atoms with Gasteiger partial charge in [0.15, 0.2) is 28.8 Å². The van der Waals surface area contributed by atoms with E-state index in [1.165, 1.54) is 12.1 Å². The summed E-state index contributed by atoms with van der Waals surface area (Å²) in [5, 5.41) is 0. The lowest BCUT2D eigenvalue weighted by Crippen LogP contribution is -2.07. The summed E-state index contributed by atoms with van der Waals surface area (Å²) in [5.74, 6) is 0.954. The lowest BCUT2D eigenvalue weighted by molar-refractivity contribution is 0.230. The molecular formula is C16H18FNO3. The first-order valence-electron chi connectivity index (χ1n) is 6.57. The first-order chi connectivity index (χ1) is 10.0. The van der Waals surface area contributed by atoms with Crippen molar-refractivity contribution in [2.45, 2.75) is 20.0 Å². The van der Waals surface area contributed by atoms with Crippen molar-refractivity contribution < 1.29 is 18.6 Å². The number of methoxy groups -OCH3 is 1. The molecule has 5 heteroatoms. The maximum Gasteiger partial charge on any atom is 0.169 e. The highest BCUT2D eigenvalue weighted by Gasteiger charge is 2.13. The van der Waals surface area contributed by atoms with E-state index in [0.29, 0.717) is 17.2 Å². The molecule has 2 N–H and O–H groups in total. The minimum atomic E-state index is -0.520. The maximum absolute atomic E-state index is 13.8. The fraction of sp³-hybridized carbons (Fsp3) is 0.250. The van der Waals surface area contributed by atoms with Crippen LogP contribution in [0.3, 0.4) is 0 Å². The molecule has 0 aliphatic carbocycles. The highest BCUT2D eigenvalue weighted by Crippen LogP contribution is 2.37. The minimum Gasteiger partial charge on any atom is -0.493 e. The van der Waals surface area contributed by atoms with Gasteiger partial charge in [0.2, 0.25) is 0 Å². The maximum atomic E-state index is 13.8. The molecule has 0 saturated heterocycles. The summed E-state index contributed by atoms with van der Waals surface area (Å²) in [6.45, 7) is 3.63. The lowest BCUT2D eigenvalue weighted by atomic mass is 10.2. The van der Waals surface area contributed by atoms with Crippen LogP contribution < -0.4 is 19.9 Å². The Balaban J connectivity index is 2.35. The van der Waals surface area contributed by atoms with Crippen LogP contribution >= 0.6 is 0 Å². The Morgan fingerprint density at radius 1 is 1.00 bits per heavy atom. The first-order valence-corrected chi connectivity index (χ1v) is 6.57. The molecule has 0 spiro atoms. The Hall–Kier alpha value is -2.43. The van der Waals surface area contributed by atoms with Crippen molar-refractivity contribution in [1.82, 2.24) is 0 Å². The third-order valence-electron chi connectivity index (χ3n) is 2.72. The highest BCUT2D eigenvalue weighted by molar-refractivity contribution is 5.58. The number of rotatable bonds is 5. The molecule has 0 aliphatic rings.